The summed E-state index contributed by atoms with van der Waals surface area (Å²) < 4.78 is 59.9. The summed E-state index contributed by atoms with van der Waals surface area (Å²) in [4.78, 5) is 17.8. The number of hydrogen-bond acceptors (Lipinski definition) is 7. The van der Waals surface area contributed by atoms with Crippen molar-refractivity contribution in [2.24, 2.45) is 4.99 Å². The average Bonchev–Trinajstić information content (AvgIpc) is 3.26. The molecule has 0 aliphatic carbocycles. The fourth-order valence-corrected chi connectivity index (χ4v) is 5.93. The first-order chi connectivity index (χ1) is 18.3. The van der Waals surface area contributed by atoms with Gasteiger partial charge in [0.25, 0.3) is 15.9 Å². The van der Waals surface area contributed by atoms with Gasteiger partial charge in [0, 0.05) is 24.4 Å². The van der Waals surface area contributed by atoms with Crippen molar-refractivity contribution >= 4 is 43.2 Å². The molecule has 4 aromatic rings. The number of nitrogens with zero attached hydrogens (tertiary/aromatic N) is 2. The van der Waals surface area contributed by atoms with Crippen LogP contribution in [-0.4, -0.2) is 46.3 Å². The quantitative estimate of drug-likeness (QED) is 0.288. The number of carbonyl (C=O) groups excluding carboxylic acids is 1. The predicted octanol–water partition coefficient (Wildman–Crippen LogP) is 4.44. The number of carbonyl (C=O) groups is 1. The summed E-state index contributed by atoms with van der Waals surface area (Å²) in [6, 6.07) is 13.9. The summed E-state index contributed by atoms with van der Waals surface area (Å²) in [5.74, 6) is 0.195. The van der Waals surface area contributed by atoms with Crippen LogP contribution in [0.25, 0.3) is 10.2 Å². The van der Waals surface area contributed by atoms with Gasteiger partial charge in [-0.1, -0.05) is 11.3 Å². The van der Waals surface area contributed by atoms with Crippen molar-refractivity contribution < 1.29 is 31.8 Å². The highest BCUT2D eigenvalue weighted by Gasteiger charge is 2.18. The number of fused-ring (bicyclic) bond motifs is 1. The van der Waals surface area contributed by atoms with Gasteiger partial charge in [-0.2, -0.15) is 4.99 Å². The number of hydrogen-bond donors (Lipinski definition) is 1. The lowest BCUT2D eigenvalue weighted by atomic mass is 10.2. The number of aromatic nitrogens is 1. The van der Waals surface area contributed by atoms with Crippen LogP contribution in [0.3, 0.4) is 0 Å². The number of anilines is 1. The smallest absolute Gasteiger partial charge is 0.279 e. The van der Waals surface area contributed by atoms with Crippen molar-refractivity contribution in [2.75, 3.05) is 32.2 Å². The first-order valence-electron chi connectivity index (χ1n) is 11.6. The van der Waals surface area contributed by atoms with Crippen molar-refractivity contribution in [1.82, 2.24) is 4.57 Å². The van der Waals surface area contributed by atoms with Crippen LogP contribution in [0.15, 0.2) is 70.6 Å². The highest BCUT2D eigenvalue weighted by molar-refractivity contribution is 7.92. The largest absolute Gasteiger partial charge is 0.495 e. The van der Waals surface area contributed by atoms with Crippen LogP contribution in [0.1, 0.15) is 17.3 Å². The van der Waals surface area contributed by atoms with E-state index >= 15 is 0 Å². The molecule has 0 aliphatic rings. The molecule has 1 aromatic heterocycles. The van der Waals surface area contributed by atoms with E-state index in [0.717, 1.165) is 22.3 Å². The highest BCUT2D eigenvalue weighted by Crippen LogP contribution is 2.35. The Hall–Kier alpha value is -3.74. The van der Waals surface area contributed by atoms with Gasteiger partial charge >= 0.3 is 0 Å². The normalized spacial score (nSPS) is 12.1. The molecule has 0 aliphatic heterocycles. The number of methoxy groups -OCH3 is 2. The van der Waals surface area contributed by atoms with Crippen LogP contribution in [0, 0.1) is 5.82 Å². The Morgan fingerprint density at radius 2 is 1.66 bits per heavy atom. The van der Waals surface area contributed by atoms with Crippen LogP contribution in [0.5, 0.6) is 11.5 Å². The summed E-state index contributed by atoms with van der Waals surface area (Å²) >= 11 is 1.29. The average molecular weight is 560 g/mol. The van der Waals surface area contributed by atoms with E-state index in [4.69, 9.17) is 14.2 Å². The third-order valence-corrected chi connectivity index (χ3v) is 8.05. The van der Waals surface area contributed by atoms with Crippen molar-refractivity contribution in [1.29, 1.82) is 0 Å². The third-order valence-electron chi connectivity index (χ3n) is 5.56. The lowest BCUT2D eigenvalue weighted by molar-refractivity contribution is 0.0996. The molecule has 0 radical (unpaired) electrons. The number of rotatable bonds is 10. The zero-order chi connectivity index (χ0) is 27.3. The Morgan fingerprint density at radius 3 is 2.29 bits per heavy atom. The molecule has 1 amide bonds. The molecule has 3 aromatic carbocycles. The molecule has 0 bridgehead atoms. The maximum absolute atomic E-state index is 13.1. The van der Waals surface area contributed by atoms with E-state index < -0.39 is 21.7 Å². The van der Waals surface area contributed by atoms with Crippen LogP contribution in [0.2, 0.25) is 0 Å². The molecule has 0 unspecified atom stereocenters. The maximum atomic E-state index is 13.1. The number of sulfonamides is 1. The van der Waals surface area contributed by atoms with E-state index in [1.807, 2.05) is 11.5 Å². The summed E-state index contributed by atoms with van der Waals surface area (Å²) in [5, 5.41) is 0. The number of ether oxygens (including phenoxy) is 3. The van der Waals surface area contributed by atoms with Crippen molar-refractivity contribution in [3.8, 4) is 11.5 Å². The molecular weight excluding hydrogens is 533 g/mol. The Kier molecular flexibility index (Phi) is 8.45. The lowest BCUT2D eigenvalue weighted by Crippen LogP contribution is -2.20. The maximum Gasteiger partial charge on any atom is 0.279 e. The van der Waals surface area contributed by atoms with Gasteiger partial charge in [0.1, 0.15) is 27.5 Å². The second kappa shape index (κ2) is 11.8. The Labute approximate surface area is 223 Å². The van der Waals surface area contributed by atoms with E-state index in [-0.39, 0.29) is 16.1 Å². The van der Waals surface area contributed by atoms with Gasteiger partial charge in [-0.15, -0.1) is 0 Å². The van der Waals surface area contributed by atoms with E-state index in [2.05, 4.69) is 9.71 Å². The van der Waals surface area contributed by atoms with Crippen molar-refractivity contribution in [3.63, 3.8) is 0 Å². The second-order valence-electron chi connectivity index (χ2n) is 7.93. The van der Waals surface area contributed by atoms with Gasteiger partial charge in [0.05, 0.1) is 25.7 Å². The lowest BCUT2D eigenvalue weighted by Gasteiger charge is -2.10. The van der Waals surface area contributed by atoms with Gasteiger partial charge in [-0.3, -0.25) is 9.52 Å². The number of halogens is 1. The molecule has 200 valence electrons. The molecular formula is C26H26FN3O6S2. The predicted molar refractivity (Wildman–Crippen MR) is 143 cm³/mol. The molecule has 1 N–H and O–H groups in total. The van der Waals surface area contributed by atoms with Crippen molar-refractivity contribution in [2.45, 2.75) is 18.4 Å². The van der Waals surface area contributed by atoms with E-state index in [1.165, 1.54) is 47.7 Å². The number of amides is 1. The molecule has 0 saturated carbocycles. The summed E-state index contributed by atoms with van der Waals surface area (Å²) in [5.41, 5.74) is 1.25. The Morgan fingerprint density at radius 1 is 1.00 bits per heavy atom. The van der Waals surface area contributed by atoms with Crippen LogP contribution in [-0.2, 0) is 21.3 Å². The Bertz CT molecular complexity index is 1610. The second-order valence-corrected chi connectivity index (χ2v) is 10.6. The molecule has 4 rings (SSSR count). The summed E-state index contributed by atoms with van der Waals surface area (Å²) in [6.45, 7) is 3.30. The number of nitrogens with one attached hydrogen (secondary N) is 1. The van der Waals surface area contributed by atoms with Gasteiger partial charge in [-0.05, 0) is 67.6 Å². The third kappa shape index (κ3) is 5.87. The zero-order valence-corrected chi connectivity index (χ0v) is 22.6. The minimum atomic E-state index is -3.92. The highest BCUT2D eigenvalue weighted by atomic mass is 32.2. The molecule has 12 heteroatoms. The van der Waals surface area contributed by atoms with Crippen LogP contribution >= 0.6 is 11.3 Å². The monoisotopic (exact) mass is 559 g/mol. The SMILES string of the molecule is CCOCCn1c(=NC(=O)c2ccc(NS(=O)(=O)c3ccc(F)cc3)cc2)sc2c(OC)ccc(OC)c21. The molecule has 0 atom stereocenters. The minimum Gasteiger partial charge on any atom is -0.495 e. The van der Waals surface area contributed by atoms with Gasteiger partial charge in [-0.25, -0.2) is 12.8 Å². The topological polar surface area (TPSA) is 108 Å². The fraction of sp³-hybridized carbons (Fsp3) is 0.231. The molecule has 0 spiro atoms. The fourth-order valence-electron chi connectivity index (χ4n) is 3.71. The first kappa shape index (κ1) is 27.3. The molecule has 9 nitrogen and oxygen atoms in total. The summed E-state index contributed by atoms with van der Waals surface area (Å²) in [6.07, 6.45) is 0. The molecule has 0 saturated heterocycles. The summed E-state index contributed by atoms with van der Waals surface area (Å²) in [7, 11) is -0.781. The number of thiazole rings is 1. The Balaban J connectivity index is 1.66. The van der Waals surface area contributed by atoms with Gasteiger partial charge in [0.2, 0.25) is 0 Å². The molecule has 0 fully saturated rings. The number of benzene rings is 3. The molecule has 38 heavy (non-hydrogen) atoms. The first-order valence-corrected chi connectivity index (χ1v) is 13.9. The van der Waals surface area contributed by atoms with Crippen molar-refractivity contribution in [3.05, 3.63) is 76.8 Å². The zero-order valence-electron chi connectivity index (χ0n) is 20.9. The molecule has 1 heterocycles. The van der Waals surface area contributed by atoms with Gasteiger partial charge < -0.3 is 18.8 Å². The standard InChI is InChI=1S/C26H26FN3O6S2/c1-4-36-16-15-30-23-21(34-2)13-14-22(35-3)24(23)37-26(30)28-25(31)17-5-9-19(10-6-17)29-38(32,33)20-11-7-18(27)8-12-20/h5-14,29H,4,15-16H2,1-3H3. The van der Waals surface area contributed by atoms with Crippen LogP contribution < -0.4 is 19.0 Å². The van der Waals surface area contributed by atoms with E-state index in [9.17, 15) is 17.6 Å². The van der Waals surface area contributed by atoms with E-state index in [0.29, 0.717) is 36.1 Å². The minimum absolute atomic E-state index is 0.0822. The van der Waals surface area contributed by atoms with E-state index in [1.54, 1.807) is 26.4 Å². The van der Waals surface area contributed by atoms with Crippen LogP contribution in [0.4, 0.5) is 10.1 Å². The van der Waals surface area contributed by atoms with Gasteiger partial charge in [0.15, 0.2) is 4.80 Å².